The molecule has 4 nitrogen and oxygen atoms in total. The molecule has 4 N–H and O–H groups in total. The molecule has 0 fully saturated rings. The maximum atomic E-state index is 5.77. The number of methoxy groups -OCH3 is 1. The van der Waals surface area contributed by atoms with Crippen molar-refractivity contribution in [3.05, 3.63) is 30.0 Å². The number of anilines is 1. The molecule has 2 rings (SSSR count). The summed E-state index contributed by atoms with van der Waals surface area (Å²) >= 11 is 0. The number of pyridine rings is 1. The van der Waals surface area contributed by atoms with E-state index in [0.29, 0.717) is 12.4 Å². The van der Waals surface area contributed by atoms with Crippen molar-refractivity contribution < 1.29 is 4.74 Å². The van der Waals surface area contributed by atoms with Crippen molar-refractivity contribution in [3.8, 4) is 5.75 Å². The molecular weight excluding hydrogens is 261 g/mol. The summed E-state index contributed by atoms with van der Waals surface area (Å²) < 4.78 is 5.24. The zero-order chi connectivity index (χ0) is 10.8. The summed E-state index contributed by atoms with van der Waals surface area (Å²) in [5.74, 6) is 1.26. The molecule has 0 saturated carbocycles. The summed E-state index contributed by atoms with van der Waals surface area (Å²) in [4.78, 5) is 4.03. The number of nitrogen functional groups attached to an aromatic ring is 1. The van der Waals surface area contributed by atoms with Crippen LogP contribution in [0.25, 0.3) is 10.8 Å². The first-order valence-electron chi connectivity index (χ1n) is 4.67. The smallest absolute Gasteiger partial charge is 0.131 e. The number of nitrogens with two attached hydrogens (primary N) is 2. The van der Waals surface area contributed by atoms with Crippen molar-refractivity contribution in [1.29, 1.82) is 0 Å². The van der Waals surface area contributed by atoms with Crippen LogP contribution in [0.5, 0.6) is 5.75 Å². The van der Waals surface area contributed by atoms with E-state index in [2.05, 4.69) is 4.98 Å². The van der Waals surface area contributed by atoms with Gasteiger partial charge in [-0.15, -0.1) is 24.8 Å². The van der Waals surface area contributed by atoms with Crippen LogP contribution in [0.4, 0.5) is 5.82 Å². The van der Waals surface area contributed by atoms with Crippen LogP contribution < -0.4 is 16.2 Å². The van der Waals surface area contributed by atoms with Gasteiger partial charge in [0.1, 0.15) is 11.6 Å². The first-order valence-corrected chi connectivity index (χ1v) is 4.67. The Bertz CT molecular complexity index is 505. The summed E-state index contributed by atoms with van der Waals surface area (Å²) in [6, 6.07) is 5.76. The molecule has 1 heterocycles. The minimum atomic E-state index is 0. The average molecular weight is 276 g/mol. The van der Waals surface area contributed by atoms with Gasteiger partial charge >= 0.3 is 0 Å². The molecular formula is C11H15Cl2N3O. The summed E-state index contributed by atoms with van der Waals surface area (Å²) in [7, 11) is 1.62. The Morgan fingerprint density at radius 1 is 1.29 bits per heavy atom. The van der Waals surface area contributed by atoms with Gasteiger partial charge in [0.2, 0.25) is 0 Å². The average Bonchev–Trinajstić information content (AvgIpc) is 2.28. The van der Waals surface area contributed by atoms with Crippen molar-refractivity contribution in [2.75, 3.05) is 12.8 Å². The quantitative estimate of drug-likeness (QED) is 0.881. The second kappa shape index (κ2) is 6.49. The monoisotopic (exact) mass is 275 g/mol. The van der Waals surface area contributed by atoms with Crippen molar-refractivity contribution in [3.63, 3.8) is 0 Å². The van der Waals surface area contributed by atoms with Crippen molar-refractivity contribution in [2.24, 2.45) is 5.73 Å². The molecule has 0 aliphatic heterocycles. The van der Waals surface area contributed by atoms with Crippen molar-refractivity contribution >= 4 is 41.4 Å². The Morgan fingerprint density at radius 3 is 2.59 bits per heavy atom. The predicted octanol–water partition coefficient (Wildman–Crippen LogP) is 2.13. The van der Waals surface area contributed by atoms with Gasteiger partial charge in [-0.05, 0) is 23.6 Å². The van der Waals surface area contributed by atoms with E-state index in [1.807, 2.05) is 18.2 Å². The molecule has 0 spiro atoms. The van der Waals surface area contributed by atoms with Crippen LogP contribution in [0.2, 0.25) is 0 Å². The minimum Gasteiger partial charge on any atom is -0.496 e. The van der Waals surface area contributed by atoms with Crippen LogP contribution >= 0.6 is 24.8 Å². The van der Waals surface area contributed by atoms with E-state index < -0.39 is 0 Å². The van der Waals surface area contributed by atoms with Gasteiger partial charge < -0.3 is 16.2 Å². The van der Waals surface area contributed by atoms with Crippen molar-refractivity contribution in [1.82, 2.24) is 4.98 Å². The number of hydrogen-bond donors (Lipinski definition) is 2. The zero-order valence-corrected chi connectivity index (χ0v) is 11.0. The summed E-state index contributed by atoms with van der Waals surface area (Å²) in [6.07, 6.45) is 1.68. The highest BCUT2D eigenvalue weighted by Gasteiger charge is 2.06. The highest BCUT2D eigenvalue weighted by Crippen LogP contribution is 2.27. The number of rotatable bonds is 2. The van der Waals surface area contributed by atoms with E-state index in [0.717, 1.165) is 22.1 Å². The maximum absolute atomic E-state index is 5.77. The van der Waals surface area contributed by atoms with E-state index in [-0.39, 0.29) is 24.8 Å². The number of ether oxygens (including phenoxy) is 1. The van der Waals surface area contributed by atoms with Gasteiger partial charge in [0.05, 0.1) is 7.11 Å². The third-order valence-electron chi connectivity index (χ3n) is 2.42. The number of halogens is 2. The number of hydrogen-bond acceptors (Lipinski definition) is 4. The normalized spacial score (nSPS) is 9.29. The molecule has 0 bridgehead atoms. The second-order valence-electron chi connectivity index (χ2n) is 3.29. The fourth-order valence-electron chi connectivity index (χ4n) is 1.62. The maximum Gasteiger partial charge on any atom is 0.131 e. The van der Waals surface area contributed by atoms with Crippen LogP contribution in [-0.4, -0.2) is 12.1 Å². The fourth-order valence-corrected chi connectivity index (χ4v) is 1.62. The Morgan fingerprint density at radius 2 is 2.00 bits per heavy atom. The number of fused-ring (bicyclic) bond motifs is 1. The van der Waals surface area contributed by atoms with E-state index in [4.69, 9.17) is 16.2 Å². The molecule has 0 amide bonds. The first-order chi connectivity index (χ1) is 7.26. The lowest BCUT2D eigenvalue weighted by Gasteiger charge is -2.09. The van der Waals surface area contributed by atoms with E-state index in [1.54, 1.807) is 13.3 Å². The minimum absolute atomic E-state index is 0. The van der Waals surface area contributed by atoms with Crippen LogP contribution in [0, 0.1) is 0 Å². The van der Waals surface area contributed by atoms with E-state index in [9.17, 15) is 0 Å². The zero-order valence-electron chi connectivity index (χ0n) is 9.34. The van der Waals surface area contributed by atoms with Crippen LogP contribution in [0.1, 0.15) is 5.56 Å². The highest BCUT2D eigenvalue weighted by molar-refractivity contribution is 5.92. The summed E-state index contributed by atoms with van der Waals surface area (Å²) in [5, 5.41) is 1.93. The topological polar surface area (TPSA) is 74.2 Å². The molecule has 0 radical (unpaired) electrons. The fraction of sp³-hybridized carbons (Fsp3) is 0.182. The van der Waals surface area contributed by atoms with Crippen LogP contribution in [0.15, 0.2) is 24.4 Å². The van der Waals surface area contributed by atoms with E-state index in [1.165, 1.54) is 0 Å². The van der Waals surface area contributed by atoms with Gasteiger partial charge in [-0.1, -0.05) is 0 Å². The van der Waals surface area contributed by atoms with Gasteiger partial charge in [0.15, 0.2) is 0 Å². The molecule has 0 unspecified atom stereocenters. The number of benzene rings is 1. The lowest BCUT2D eigenvalue weighted by molar-refractivity contribution is 0.410. The second-order valence-corrected chi connectivity index (χ2v) is 3.29. The Labute approximate surface area is 112 Å². The molecule has 0 atom stereocenters. The molecule has 0 aliphatic carbocycles. The Balaban J connectivity index is 0.00000128. The van der Waals surface area contributed by atoms with Gasteiger partial charge in [0.25, 0.3) is 0 Å². The third kappa shape index (κ3) is 2.91. The molecule has 17 heavy (non-hydrogen) atoms. The predicted molar refractivity (Wildman–Crippen MR) is 75.1 cm³/mol. The standard InChI is InChI=1S/C11H13N3O.2ClH/c1-15-10-5-9-7(4-8(10)6-12)2-3-14-11(9)13;;/h2-5H,6,12H2,1H3,(H2,13,14);2*1H. The van der Waals surface area contributed by atoms with Gasteiger partial charge in [-0.2, -0.15) is 0 Å². The van der Waals surface area contributed by atoms with Gasteiger partial charge in [0, 0.05) is 23.7 Å². The van der Waals surface area contributed by atoms with Crippen LogP contribution in [0.3, 0.4) is 0 Å². The van der Waals surface area contributed by atoms with Gasteiger partial charge in [-0.25, -0.2) is 4.98 Å². The third-order valence-corrected chi connectivity index (χ3v) is 2.42. The summed E-state index contributed by atoms with van der Waals surface area (Å²) in [6.45, 7) is 0.446. The SMILES string of the molecule is COc1cc2c(N)nccc2cc1CN.Cl.Cl. The first kappa shape index (κ1) is 15.8. The number of aromatic nitrogens is 1. The lowest BCUT2D eigenvalue weighted by Crippen LogP contribution is -2.00. The molecule has 1 aromatic heterocycles. The highest BCUT2D eigenvalue weighted by atomic mass is 35.5. The van der Waals surface area contributed by atoms with E-state index >= 15 is 0 Å². The Kier molecular flexibility index (Phi) is 6.02. The molecule has 0 aliphatic rings. The number of nitrogens with zero attached hydrogens (tertiary/aromatic N) is 1. The Hall–Kier alpha value is -1.23. The van der Waals surface area contributed by atoms with Crippen LogP contribution in [-0.2, 0) is 6.54 Å². The molecule has 6 heteroatoms. The molecule has 2 aromatic rings. The molecule has 94 valence electrons. The largest absolute Gasteiger partial charge is 0.496 e. The van der Waals surface area contributed by atoms with Crippen molar-refractivity contribution in [2.45, 2.75) is 6.54 Å². The molecule has 1 aromatic carbocycles. The summed E-state index contributed by atoms with van der Waals surface area (Å²) in [5.41, 5.74) is 12.4. The lowest BCUT2D eigenvalue weighted by atomic mass is 10.1. The molecule has 0 saturated heterocycles. The van der Waals surface area contributed by atoms with Gasteiger partial charge in [-0.3, -0.25) is 0 Å².